The molecule has 0 aromatic carbocycles. The Morgan fingerprint density at radius 3 is 2.35 bits per heavy atom. The van der Waals surface area contributed by atoms with Crippen LogP contribution in [-0.4, -0.2) is 91.0 Å². The summed E-state index contributed by atoms with van der Waals surface area (Å²) in [6.45, 7) is 5.18. The maximum Gasteiger partial charge on any atom is 0.259 e. The van der Waals surface area contributed by atoms with Crippen LogP contribution >= 0.6 is 0 Å². The topological polar surface area (TPSA) is 162 Å². The Hall–Kier alpha value is -3.22. The summed E-state index contributed by atoms with van der Waals surface area (Å²) in [5.74, 6) is -2.05. The number of hydrogen-bond acceptors (Lipinski definition) is 9. The summed E-state index contributed by atoms with van der Waals surface area (Å²) in [4.78, 5) is 66.6. The molecule has 4 rings (SSSR count). The minimum Gasteiger partial charge on any atom is -0.369 e. The van der Waals surface area contributed by atoms with Crippen LogP contribution in [0.15, 0.2) is 23.5 Å². The van der Waals surface area contributed by atoms with Gasteiger partial charge in [0.1, 0.15) is 29.0 Å². The Bertz CT molecular complexity index is 1210. The Morgan fingerprint density at radius 2 is 1.77 bits per heavy atom. The molecule has 40 heavy (non-hydrogen) atoms. The number of hydrogen-bond donors (Lipinski definition) is 3. The van der Waals surface area contributed by atoms with Crippen LogP contribution in [0.25, 0.3) is 0 Å². The molecule has 0 bridgehead atoms. The van der Waals surface area contributed by atoms with Gasteiger partial charge in [-0.3, -0.25) is 28.7 Å². The number of allylic oxidation sites excluding steroid dienone is 3. The van der Waals surface area contributed by atoms with Gasteiger partial charge in [0.25, 0.3) is 5.91 Å². The fourth-order valence-electron chi connectivity index (χ4n) is 5.27. The molecule has 0 radical (unpaired) electrons. The average Bonchev–Trinajstić information content (AvgIpc) is 3.81. The van der Waals surface area contributed by atoms with Gasteiger partial charge in [0.2, 0.25) is 21.8 Å². The highest BCUT2D eigenvalue weighted by atomic mass is 32.2. The van der Waals surface area contributed by atoms with Gasteiger partial charge in [0, 0.05) is 25.6 Å². The Labute approximate surface area is 235 Å². The summed E-state index contributed by atoms with van der Waals surface area (Å²) in [6, 6.07) is -1.75. The molecule has 0 aromatic heterocycles. The van der Waals surface area contributed by atoms with Crippen LogP contribution in [0, 0.1) is 5.92 Å². The van der Waals surface area contributed by atoms with Crippen molar-refractivity contribution in [1.29, 1.82) is 0 Å². The van der Waals surface area contributed by atoms with Crippen molar-refractivity contribution in [2.75, 3.05) is 19.6 Å². The van der Waals surface area contributed by atoms with E-state index in [-0.39, 0.29) is 23.7 Å². The van der Waals surface area contributed by atoms with E-state index in [2.05, 4.69) is 15.4 Å². The highest BCUT2D eigenvalue weighted by Crippen LogP contribution is 2.46. The second-order valence-corrected chi connectivity index (χ2v) is 13.1. The molecule has 4 fully saturated rings. The summed E-state index contributed by atoms with van der Waals surface area (Å²) in [7, 11) is -3.80. The van der Waals surface area contributed by atoms with Crippen molar-refractivity contribution >= 4 is 40.3 Å². The van der Waals surface area contributed by atoms with E-state index < -0.39 is 50.6 Å². The molecule has 3 N–H and O–H groups in total. The van der Waals surface area contributed by atoms with Crippen LogP contribution in [0.3, 0.4) is 0 Å². The lowest BCUT2D eigenvalue weighted by atomic mass is 10.1. The van der Waals surface area contributed by atoms with Crippen LogP contribution in [0.5, 0.6) is 0 Å². The molecule has 2 saturated heterocycles. The first-order valence-electron chi connectivity index (χ1n) is 14.1. The summed E-state index contributed by atoms with van der Waals surface area (Å²) in [5, 5.41) is 5.05. The molecule has 2 aliphatic heterocycles. The first kappa shape index (κ1) is 29.8. The zero-order valence-corrected chi connectivity index (χ0v) is 23.9. The van der Waals surface area contributed by atoms with E-state index in [0.717, 1.165) is 19.3 Å². The molecule has 4 atom stereocenters. The number of carbonyl (C=O) groups excluding carboxylic acids is 5. The third kappa shape index (κ3) is 6.24. The maximum atomic E-state index is 13.5. The number of sulfonamides is 1. The Kier molecular flexibility index (Phi) is 9.01. The number of nitrogens with zero attached hydrogens (tertiary/aromatic N) is 2. The molecule has 2 heterocycles. The SMILES string of the molecule is CCC/C=C\[C@@H]1C[C@]1(NC(=O)[C@@H]1CCCN1C(=O)[C@H](C)N/C(C=O)=C(/C=O)N1CCC1)C(=O)NS(=O)(=O)C1CC1. The van der Waals surface area contributed by atoms with E-state index in [1.165, 1.54) is 4.90 Å². The minimum atomic E-state index is -3.80. The zero-order chi connectivity index (χ0) is 29.1. The van der Waals surface area contributed by atoms with E-state index in [4.69, 9.17) is 0 Å². The fraction of sp³-hybridized carbons (Fsp3) is 0.667. The molecule has 4 aliphatic rings. The first-order chi connectivity index (χ1) is 19.1. The van der Waals surface area contributed by atoms with Gasteiger partial charge in [-0.15, -0.1) is 0 Å². The van der Waals surface area contributed by atoms with E-state index >= 15 is 0 Å². The van der Waals surface area contributed by atoms with Gasteiger partial charge in [-0.25, -0.2) is 8.42 Å². The van der Waals surface area contributed by atoms with Gasteiger partial charge < -0.3 is 20.4 Å². The molecular formula is C27H39N5O7S. The second kappa shape index (κ2) is 12.1. The Balaban J connectivity index is 1.46. The Morgan fingerprint density at radius 1 is 1.05 bits per heavy atom. The summed E-state index contributed by atoms with van der Waals surface area (Å²) < 4.78 is 27.1. The minimum absolute atomic E-state index is 0.0166. The maximum absolute atomic E-state index is 13.5. The van der Waals surface area contributed by atoms with Crippen LogP contribution < -0.4 is 15.4 Å². The van der Waals surface area contributed by atoms with Crippen LogP contribution in [0.2, 0.25) is 0 Å². The molecule has 3 amide bonds. The molecule has 13 heteroatoms. The van der Waals surface area contributed by atoms with Gasteiger partial charge in [0.05, 0.1) is 5.25 Å². The third-order valence-electron chi connectivity index (χ3n) is 8.07. The van der Waals surface area contributed by atoms with Crippen molar-refractivity contribution in [2.24, 2.45) is 5.92 Å². The lowest BCUT2D eigenvalue weighted by Crippen LogP contribution is -2.57. The smallest absolute Gasteiger partial charge is 0.259 e. The predicted molar refractivity (Wildman–Crippen MR) is 146 cm³/mol. The van der Waals surface area contributed by atoms with Gasteiger partial charge in [0.15, 0.2) is 12.6 Å². The van der Waals surface area contributed by atoms with E-state index in [0.29, 0.717) is 57.9 Å². The van der Waals surface area contributed by atoms with Crippen LogP contribution in [0.1, 0.15) is 65.2 Å². The average molecular weight is 578 g/mol. The molecule has 0 unspecified atom stereocenters. The number of likely N-dealkylation sites (tertiary alicyclic amines) is 2. The second-order valence-electron chi connectivity index (χ2n) is 11.1. The van der Waals surface area contributed by atoms with Crippen molar-refractivity contribution < 1.29 is 32.4 Å². The van der Waals surface area contributed by atoms with Gasteiger partial charge in [-0.1, -0.05) is 25.5 Å². The van der Waals surface area contributed by atoms with Crippen molar-refractivity contribution in [3.05, 3.63) is 23.5 Å². The summed E-state index contributed by atoms with van der Waals surface area (Å²) in [6.07, 6.45) is 9.68. The van der Waals surface area contributed by atoms with Gasteiger partial charge in [-0.2, -0.15) is 0 Å². The number of unbranched alkanes of at least 4 members (excludes halogenated alkanes) is 1. The molecule has 12 nitrogen and oxygen atoms in total. The van der Waals surface area contributed by atoms with Crippen molar-refractivity contribution in [3.8, 4) is 0 Å². The van der Waals surface area contributed by atoms with E-state index in [1.54, 1.807) is 11.8 Å². The lowest BCUT2D eigenvalue weighted by molar-refractivity contribution is -0.140. The number of rotatable bonds is 14. The molecule has 2 aliphatic carbocycles. The molecule has 220 valence electrons. The number of aldehydes is 2. The third-order valence-corrected chi connectivity index (χ3v) is 9.89. The normalized spacial score (nSPS) is 27.4. The highest BCUT2D eigenvalue weighted by Gasteiger charge is 2.61. The van der Waals surface area contributed by atoms with Gasteiger partial charge >= 0.3 is 0 Å². The highest BCUT2D eigenvalue weighted by molar-refractivity contribution is 7.91. The van der Waals surface area contributed by atoms with E-state index in [9.17, 15) is 32.4 Å². The monoisotopic (exact) mass is 577 g/mol. The summed E-state index contributed by atoms with van der Waals surface area (Å²) in [5.41, 5.74) is -1.18. The quantitative estimate of drug-likeness (QED) is 0.148. The zero-order valence-electron chi connectivity index (χ0n) is 23.1. The summed E-state index contributed by atoms with van der Waals surface area (Å²) >= 11 is 0. The lowest BCUT2D eigenvalue weighted by Gasteiger charge is -2.34. The van der Waals surface area contributed by atoms with Gasteiger partial charge in [-0.05, 0) is 51.9 Å². The number of carbonyl (C=O) groups is 5. The number of nitrogens with one attached hydrogen (secondary N) is 3. The van der Waals surface area contributed by atoms with E-state index in [1.807, 2.05) is 19.1 Å². The van der Waals surface area contributed by atoms with Crippen LogP contribution in [0.4, 0.5) is 0 Å². The fourth-order valence-corrected chi connectivity index (χ4v) is 6.64. The molecule has 0 spiro atoms. The molecular weight excluding hydrogens is 538 g/mol. The molecule has 2 saturated carbocycles. The molecule has 0 aromatic rings. The number of amides is 3. The van der Waals surface area contributed by atoms with Crippen molar-refractivity contribution in [1.82, 2.24) is 25.2 Å². The first-order valence-corrected chi connectivity index (χ1v) is 15.6. The largest absolute Gasteiger partial charge is 0.369 e. The predicted octanol–water partition coefficient (Wildman–Crippen LogP) is 0.110. The van der Waals surface area contributed by atoms with Crippen molar-refractivity contribution in [2.45, 2.75) is 88.1 Å². The van der Waals surface area contributed by atoms with Crippen LogP contribution in [-0.2, 0) is 34.0 Å². The van der Waals surface area contributed by atoms with Crippen molar-refractivity contribution in [3.63, 3.8) is 0 Å². The standard InChI is InChI=1S/C27H39N5O7S/c1-3-4-5-8-19-15-27(19,26(37)30-40(38,39)20-10-11-20)29-24(35)22-9-6-14-32(22)25(36)18(2)28-21(16-33)23(17-34)31-12-7-13-31/h5,8,16-20,22,28H,3-4,6-7,9-15H2,1-2H3,(H,29,35)(H,30,37)/b8-5-,23-21-/t18-,19+,22-,27+/m0/s1.